The van der Waals surface area contributed by atoms with Crippen LogP contribution in [0.25, 0.3) is 0 Å². The molecule has 2 heteroatoms. The highest BCUT2D eigenvalue weighted by molar-refractivity contribution is 5.20. The van der Waals surface area contributed by atoms with Crippen molar-refractivity contribution in [2.45, 2.75) is 18.8 Å². The fourth-order valence-electron chi connectivity index (χ4n) is 2.27. The molecule has 0 unspecified atom stereocenters. The lowest BCUT2D eigenvalue weighted by Gasteiger charge is -2.22. The maximum absolute atomic E-state index is 9.41. The molecule has 0 aliphatic carbocycles. The molecule has 1 aliphatic rings. The molecule has 1 aliphatic heterocycles. The lowest BCUT2D eigenvalue weighted by Crippen LogP contribution is -2.27. The van der Waals surface area contributed by atoms with Gasteiger partial charge in [-0.3, -0.25) is 0 Å². The van der Waals surface area contributed by atoms with Crippen LogP contribution in [-0.4, -0.2) is 36.2 Å². The van der Waals surface area contributed by atoms with Crippen molar-refractivity contribution in [3.63, 3.8) is 0 Å². The van der Waals surface area contributed by atoms with Crippen LogP contribution in [0.15, 0.2) is 30.3 Å². The first-order chi connectivity index (χ1) is 7.40. The summed E-state index contributed by atoms with van der Waals surface area (Å²) in [7, 11) is 0. The Bertz CT molecular complexity index is 280. The number of aliphatic hydroxyl groups excluding tert-OH is 1. The van der Waals surface area contributed by atoms with Gasteiger partial charge in [-0.25, -0.2) is 0 Å². The summed E-state index contributed by atoms with van der Waals surface area (Å²) in [5.74, 6) is 0.282. The molecule has 1 aromatic carbocycles. The van der Waals surface area contributed by atoms with Crippen LogP contribution in [0.2, 0.25) is 0 Å². The van der Waals surface area contributed by atoms with Crippen molar-refractivity contribution in [1.82, 2.24) is 4.90 Å². The Kier molecular flexibility index (Phi) is 3.75. The first kappa shape index (κ1) is 10.7. The van der Waals surface area contributed by atoms with Gasteiger partial charge in [0.25, 0.3) is 0 Å². The van der Waals surface area contributed by atoms with Crippen LogP contribution in [0, 0.1) is 0 Å². The van der Waals surface area contributed by atoms with Gasteiger partial charge in [0.2, 0.25) is 0 Å². The van der Waals surface area contributed by atoms with E-state index in [0.717, 1.165) is 6.54 Å². The number of benzene rings is 1. The number of aliphatic hydroxyl groups is 1. The minimum atomic E-state index is 0.251. The van der Waals surface area contributed by atoms with Crippen molar-refractivity contribution in [3.05, 3.63) is 35.9 Å². The normalized spacial score (nSPS) is 19.3. The largest absolute Gasteiger partial charge is 0.396 e. The zero-order valence-electron chi connectivity index (χ0n) is 9.10. The Balaban J connectivity index is 1.97. The molecular weight excluding hydrogens is 186 g/mol. The lowest BCUT2D eigenvalue weighted by atomic mass is 10.00. The Morgan fingerprint density at radius 2 is 1.80 bits per heavy atom. The van der Waals surface area contributed by atoms with Crippen LogP contribution in [0.3, 0.4) is 0 Å². The van der Waals surface area contributed by atoms with E-state index in [1.54, 1.807) is 0 Å². The summed E-state index contributed by atoms with van der Waals surface area (Å²) in [4.78, 5) is 2.45. The molecule has 1 N–H and O–H groups in total. The first-order valence-electron chi connectivity index (χ1n) is 5.78. The van der Waals surface area contributed by atoms with E-state index in [0.29, 0.717) is 0 Å². The Morgan fingerprint density at radius 3 is 2.40 bits per heavy atom. The molecule has 0 saturated carbocycles. The summed E-state index contributed by atoms with van der Waals surface area (Å²) >= 11 is 0. The number of rotatable bonds is 4. The molecule has 0 aromatic heterocycles. The van der Waals surface area contributed by atoms with Crippen LogP contribution in [0.5, 0.6) is 0 Å². The highest BCUT2D eigenvalue weighted by atomic mass is 16.3. The average molecular weight is 205 g/mol. The molecule has 1 saturated heterocycles. The topological polar surface area (TPSA) is 23.5 Å². The molecule has 1 fully saturated rings. The molecule has 1 heterocycles. The van der Waals surface area contributed by atoms with Gasteiger partial charge in [0.05, 0.1) is 6.61 Å². The third-order valence-corrected chi connectivity index (χ3v) is 3.17. The van der Waals surface area contributed by atoms with Gasteiger partial charge in [0, 0.05) is 12.5 Å². The van der Waals surface area contributed by atoms with Crippen molar-refractivity contribution in [1.29, 1.82) is 0 Å². The number of hydrogen-bond acceptors (Lipinski definition) is 2. The van der Waals surface area contributed by atoms with E-state index >= 15 is 0 Å². The Labute approximate surface area is 91.5 Å². The number of hydrogen-bond donors (Lipinski definition) is 1. The fourth-order valence-corrected chi connectivity index (χ4v) is 2.27. The minimum Gasteiger partial charge on any atom is -0.396 e. The van der Waals surface area contributed by atoms with E-state index in [2.05, 4.69) is 17.0 Å². The molecule has 1 atom stereocenters. The van der Waals surface area contributed by atoms with E-state index in [-0.39, 0.29) is 12.5 Å². The predicted octanol–water partition coefficient (Wildman–Crippen LogP) is 1.86. The van der Waals surface area contributed by atoms with Gasteiger partial charge in [-0.1, -0.05) is 30.3 Å². The summed E-state index contributed by atoms with van der Waals surface area (Å²) in [5, 5.41) is 9.41. The third-order valence-electron chi connectivity index (χ3n) is 3.17. The summed E-state index contributed by atoms with van der Waals surface area (Å²) in [5.41, 5.74) is 1.26. The van der Waals surface area contributed by atoms with E-state index < -0.39 is 0 Å². The van der Waals surface area contributed by atoms with Gasteiger partial charge in [-0.2, -0.15) is 0 Å². The molecule has 0 spiro atoms. The van der Waals surface area contributed by atoms with E-state index in [1.807, 2.05) is 18.2 Å². The quantitative estimate of drug-likeness (QED) is 0.811. The third kappa shape index (κ3) is 2.80. The summed E-state index contributed by atoms with van der Waals surface area (Å²) in [6.07, 6.45) is 2.62. The molecule has 0 radical (unpaired) electrons. The van der Waals surface area contributed by atoms with Crippen molar-refractivity contribution < 1.29 is 5.11 Å². The van der Waals surface area contributed by atoms with Crippen molar-refractivity contribution in [2.75, 3.05) is 26.2 Å². The highest BCUT2D eigenvalue weighted by Gasteiger charge is 2.17. The first-order valence-corrected chi connectivity index (χ1v) is 5.78. The SMILES string of the molecule is OC[C@H](CN1CCCC1)c1ccccc1. The van der Waals surface area contributed by atoms with E-state index in [9.17, 15) is 5.11 Å². The molecule has 2 rings (SSSR count). The molecule has 0 amide bonds. The molecular formula is C13H19NO. The summed E-state index contributed by atoms with van der Waals surface area (Å²) < 4.78 is 0. The molecule has 1 aromatic rings. The molecule has 2 nitrogen and oxygen atoms in total. The monoisotopic (exact) mass is 205 g/mol. The fraction of sp³-hybridized carbons (Fsp3) is 0.538. The molecule has 82 valence electrons. The van der Waals surface area contributed by atoms with Crippen LogP contribution < -0.4 is 0 Å². The number of likely N-dealkylation sites (tertiary alicyclic amines) is 1. The van der Waals surface area contributed by atoms with Crippen molar-refractivity contribution in [2.24, 2.45) is 0 Å². The second kappa shape index (κ2) is 5.29. The second-order valence-corrected chi connectivity index (χ2v) is 4.30. The minimum absolute atomic E-state index is 0.251. The van der Waals surface area contributed by atoms with Crippen LogP contribution >= 0.6 is 0 Å². The Hall–Kier alpha value is -0.860. The highest BCUT2D eigenvalue weighted by Crippen LogP contribution is 2.18. The van der Waals surface area contributed by atoms with Gasteiger partial charge in [-0.15, -0.1) is 0 Å². The zero-order valence-corrected chi connectivity index (χ0v) is 9.10. The lowest BCUT2D eigenvalue weighted by molar-refractivity contribution is 0.220. The Morgan fingerprint density at radius 1 is 1.13 bits per heavy atom. The molecule has 15 heavy (non-hydrogen) atoms. The smallest absolute Gasteiger partial charge is 0.0512 e. The number of nitrogens with zero attached hydrogens (tertiary/aromatic N) is 1. The van der Waals surface area contributed by atoms with Gasteiger partial charge in [0.15, 0.2) is 0 Å². The van der Waals surface area contributed by atoms with Crippen LogP contribution in [0.4, 0.5) is 0 Å². The molecule has 0 bridgehead atoms. The summed E-state index contributed by atoms with van der Waals surface area (Å²) in [6.45, 7) is 3.65. The van der Waals surface area contributed by atoms with E-state index in [4.69, 9.17) is 0 Å². The van der Waals surface area contributed by atoms with Gasteiger partial charge in [0.1, 0.15) is 0 Å². The van der Waals surface area contributed by atoms with Gasteiger partial charge < -0.3 is 10.0 Å². The maximum Gasteiger partial charge on any atom is 0.0512 e. The maximum atomic E-state index is 9.41. The van der Waals surface area contributed by atoms with Gasteiger partial charge in [-0.05, 0) is 31.5 Å². The van der Waals surface area contributed by atoms with Gasteiger partial charge >= 0.3 is 0 Å². The van der Waals surface area contributed by atoms with Crippen molar-refractivity contribution in [3.8, 4) is 0 Å². The predicted molar refractivity (Wildman–Crippen MR) is 61.9 cm³/mol. The van der Waals surface area contributed by atoms with Crippen LogP contribution in [-0.2, 0) is 0 Å². The zero-order chi connectivity index (χ0) is 10.5. The van der Waals surface area contributed by atoms with Crippen LogP contribution in [0.1, 0.15) is 24.3 Å². The second-order valence-electron chi connectivity index (χ2n) is 4.30. The van der Waals surface area contributed by atoms with E-state index in [1.165, 1.54) is 31.5 Å². The van der Waals surface area contributed by atoms with Crippen molar-refractivity contribution >= 4 is 0 Å². The standard InChI is InChI=1S/C13H19NO/c15-11-13(10-14-8-4-5-9-14)12-6-2-1-3-7-12/h1-3,6-7,13,15H,4-5,8-11H2/t13-/m0/s1. The average Bonchev–Trinajstić information content (AvgIpc) is 2.80. The summed E-state index contributed by atoms with van der Waals surface area (Å²) in [6, 6.07) is 10.3.